The summed E-state index contributed by atoms with van der Waals surface area (Å²) in [5.41, 5.74) is 6.07. The topological polar surface area (TPSA) is 68.4 Å². The first kappa shape index (κ1) is 7.81. The molecule has 0 aliphatic heterocycles. The van der Waals surface area contributed by atoms with Gasteiger partial charge in [0.15, 0.2) is 0 Å². The number of hydrogen-bond acceptors (Lipinski definition) is 4. The van der Waals surface area contributed by atoms with Crippen molar-refractivity contribution in [2.45, 2.75) is 6.54 Å². The van der Waals surface area contributed by atoms with E-state index in [4.69, 9.17) is 15.6 Å². The molecular formula is C7H10N2O2. The van der Waals surface area contributed by atoms with Crippen LogP contribution in [0.2, 0.25) is 0 Å². The quantitative estimate of drug-likeness (QED) is 0.640. The number of aromatic hydroxyl groups is 1. The fourth-order valence-corrected chi connectivity index (χ4v) is 0.815. The Bertz CT molecular complexity index is 250. The van der Waals surface area contributed by atoms with Crippen LogP contribution in [-0.4, -0.2) is 17.2 Å². The first-order valence-corrected chi connectivity index (χ1v) is 3.20. The molecule has 1 rings (SSSR count). The lowest BCUT2D eigenvalue weighted by Crippen LogP contribution is -2.00. The molecular weight excluding hydrogens is 144 g/mol. The SMILES string of the molecule is COc1ncc(O)cc1CN. The molecule has 0 aromatic carbocycles. The van der Waals surface area contributed by atoms with E-state index < -0.39 is 0 Å². The molecule has 0 unspecified atom stereocenters. The van der Waals surface area contributed by atoms with Crippen molar-refractivity contribution in [3.05, 3.63) is 17.8 Å². The molecule has 1 aromatic rings. The minimum atomic E-state index is 0.103. The lowest BCUT2D eigenvalue weighted by atomic mass is 10.2. The Kier molecular flexibility index (Phi) is 2.28. The summed E-state index contributed by atoms with van der Waals surface area (Å²) >= 11 is 0. The van der Waals surface area contributed by atoms with Gasteiger partial charge in [-0.3, -0.25) is 0 Å². The molecule has 4 nitrogen and oxygen atoms in total. The molecule has 0 radical (unpaired) electrons. The zero-order chi connectivity index (χ0) is 8.27. The minimum Gasteiger partial charge on any atom is -0.506 e. The Morgan fingerprint density at radius 2 is 2.45 bits per heavy atom. The largest absolute Gasteiger partial charge is 0.506 e. The first-order chi connectivity index (χ1) is 5.27. The summed E-state index contributed by atoms with van der Waals surface area (Å²) in [5, 5.41) is 8.99. The number of ether oxygens (including phenoxy) is 1. The monoisotopic (exact) mass is 154 g/mol. The van der Waals surface area contributed by atoms with Gasteiger partial charge in [-0.15, -0.1) is 0 Å². The van der Waals surface area contributed by atoms with Gasteiger partial charge in [-0.25, -0.2) is 4.98 Å². The number of rotatable bonds is 2. The fraction of sp³-hybridized carbons (Fsp3) is 0.286. The second-order valence-electron chi connectivity index (χ2n) is 2.07. The van der Waals surface area contributed by atoms with Crippen LogP contribution >= 0.6 is 0 Å². The summed E-state index contributed by atoms with van der Waals surface area (Å²) < 4.78 is 4.89. The highest BCUT2D eigenvalue weighted by Gasteiger charge is 2.02. The van der Waals surface area contributed by atoms with Crippen molar-refractivity contribution in [1.82, 2.24) is 4.98 Å². The number of nitrogens with two attached hydrogens (primary N) is 1. The summed E-state index contributed by atoms with van der Waals surface area (Å²) in [6.07, 6.45) is 1.32. The van der Waals surface area contributed by atoms with Crippen molar-refractivity contribution in [1.29, 1.82) is 0 Å². The van der Waals surface area contributed by atoms with Crippen LogP contribution in [0.3, 0.4) is 0 Å². The van der Waals surface area contributed by atoms with Crippen LogP contribution in [-0.2, 0) is 6.54 Å². The van der Waals surface area contributed by atoms with Crippen LogP contribution < -0.4 is 10.5 Å². The van der Waals surface area contributed by atoms with E-state index in [0.717, 1.165) is 0 Å². The third kappa shape index (κ3) is 1.59. The van der Waals surface area contributed by atoms with Gasteiger partial charge in [-0.05, 0) is 6.07 Å². The molecule has 11 heavy (non-hydrogen) atoms. The van der Waals surface area contributed by atoms with Gasteiger partial charge in [-0.1, -0.05) is 0 Å². The van der Waals surface area contributed by atoms with Gasteiger partial charge < -0.3 is 15.6 Å². The standard InChI is InChI=1S/C7H10N2O2/c1-11-7-5(3-8)2-6(10)4-9-7/h2,4,10H,3,8H2,1H3. The van der Waals surface area contributed by atoms with Crippen molar-refractivity contribution in [2.24, 2.45) is 5.73 Å². The molecule has 60 valence electrons. The Morgan fingerprint density at radius 1 is 1.73 bits per heavy atom. The molecule has 0 amide bonds. The van der Waals surface area contributed by atoms with Crippen LogP contribution in [0, 0.1) is 0 Å². The molecule has 0 spiro atoms. The molecule has 0 fully saturated rings. The zero-order valence-corrected chi connectivity index (χ0v) is 6.24. The number of nitrogens with zero attached hydrogens (tertiary/aromatic N) is 1. The van der Waals surface area contributed by atoms with Gasteiger partial charge in [0.2, 0.25) is 5.88 Å². The summed E-state index contributed by atoms with van der Waals surface area (Å²) in [7, 11) is 1.51. The zero-order valence-electron chi connectivity index (χ0n) is 6.24. The first-order valence-electron chi connectivity index (χ1n) is 3.20. The van der Waals surface area contributed by atoms with E-state index in [9.17, 15) is 0 Å². The lowest BCUT2D eigenvalue weighted by Gasteiger charge is -2.03. The maximum atomic E-state index is 8.99. The number of hydrogen-bond donors (Lipinski definition) is 2. The molecule has 1 heterocycles. The van der Waals surface area contributed by atoms with Crippen LogP contribution in [0.25, 0.3) is 0 Å². The fourth-order valence-electron chi connectivity index (χ4n) is 0.815. The van der Waals surface area contributed by atoms with Crippen molar-refractivity contribution >= 4 is 0 Å². The lowest BCUT2D eigenvalue weighted by molar-refractivity contribution is 0.388. The Morgan fingerprint density at radius 3 is 3.00 bits per heavy atom. The van der Waals surface area contributed by atoms with E-state index in [1.807, 2.05) is 0 Å². The average Bonchev–Trinajstić information content (AvgIpc) is 2.04. The van der Waals surface area contributed by atoms with Gasteiger partial charge in [-0.2, -0.15) is 0 Å². The predicted molar refractivity (Wildman–Crippen MR) is 40.3 cm³/mol. The highest BCUT2D eigenvalue weighted by Crippen LogP contribution is 2.18. The molecule has 0 saturated heterocycles. The highest BCUT2D eigenvalue weighted by molar-refractivity contribution is 5.32. The Labute approximate surface area is 64.6 Å². The van der Waals surface area contributed by atoms with E-state index in [-0.39, 0.29) is 5.75 Å². The minimum absolute atomic E-state index is 0.103. The second kappa shape index (κ2) is 3.21. The highest BCUT2D eigenvalue weighted by atomic mass is 16.5. The molecule has 0 bridgehead atoms. The predicted octanol–water partition coefficient (Wildman–Crippen LogP) is 0.255. The summed E-state index contributed by atoms with van der Waals surface area (Å²) in [4.78, 5) is 3.82. The van der Waals surface area contributed by atoms with Crippen molar-refractivity contribution in [3.63, 3.8) is 0 Å². The molecule has 1 aromatic heterocycles. The van der Waals surface area contributed by atoms with E-state index in [2.05, 4.69) is 4.98 Å². The van der Waals surface area contributed by atoms with Crippen molar-refractivity contribution in [2.75, 3.05) is 7.11 Å². The van der Waals surface area contributed by atoms with Gasteiger partial charge >= 0.3 is 0 Å². The smallest absolute Gasteiger partial charge is 0.217 e. The molecule has 0 saturated carbocycles. The third-order valence-electron chi connectivity index (χ3n) is 1.32. The second-order valence-corrected chi connectivity index (χ2v) is 2.07. The number of aromatic nitrogens is 1. The van der Waals surface area contributed by atoms with Crippen LogP contribution in [0.1, 0.15) is 5.56 Å². The van der Waals surface area contributed by atoms with Crippen LogP contribution in [0.5, 0.6) is 11.6 Å². The summed E-state index contributed by atoms with van der Waals surface area (Å²) in [5.74, 6) is 0.566. The van der Waals surface area contributed by atoms with Gasteiger partial charge in [0.25, 0.3) is 0 Å². The van der Waals surface area contributed by atoms with E-state index >= 15 is 0 Å². The molecule has 0 aliphatic carbocycles. The van der Waals surface area contributed by atoms with Crippen molar-refractivity contribution < 1.29 is 9.84 Å². The maximum absolute atomic E-state index is 8.99. The molecule has 3 N–H and O–H groups in total. The van der Waals surface area contributed by atoms with Gasteiger partial charge in [0.05, 0.1) is 13.3 Å². The van der Waals surface area contributed by atoms with Gasteiger partial charge in [0, 0.05) is 12.1 Å². The number of methoxy groups -OCH3 is 1. The summed E-state index contributed by atoms with van der Waals surface area (Å²) in [6, 6.07) is 1.53. The normalized spacial score (nSPS) is 9.64. The van der Waals surface area contributed by atoms with E-state index in [0.29, 0.717) is 18.0 Å². The van der Waals surface area contributed by atoms with Crippen molar-refractivity contribution in [3.8, 4) is 11.6 Å². The molecule has 0 aliphatic rings. The van der Waals surface area contributed by atoms with E-state index in [1.54, 1.807) is 0 Å². The van der Waals surface area contributed by atoms with Gasteiger partial charge in [0.1, 0.15) is 5.75 Å². The van der Waals surface area contributed by atoms with Crippen LogP contribution in [0.4, 0.5) is 0 Å². The molecule has 4 heteroatoms. The molecule has 0 atom stereocenters. The number of pyridine rings is 1. The maximum Gasteiger partial charge on any atom is 0.217 e. The van der Waals surface area contributed by atoms with E-state index in [1.165, 1.54) is 19.4 Å². The summed E-state index contributed by atoms with van der Waals surface area (Å²) in [6.45, 7) is 0.310. The Hall–Kier alpha value is -1.29. The average molecular weight is 154 g/mol. The van der Waals surface area contributed by atoms with Crippen LogP contribution in [0.15, 0.2) is 12.3 Å². The third-order valence-corrected chi connectivity index (χ3v) is 1.32. The Balaban J connectivity index is 3.06.